The van der Waals surface area contributed by atoms with Crippen LogP contribution in [0.15, 0.2) is 0 Å². The molecule has 0 atom stereocenters. The van der Waals surface area contributed by atoms with Gasteiger partial charge in [-0.25, -0.2) is 0 Å². The van der Waals surface area contributed by atoms with Crippen molar-refractivity contribution in [3.8, 4) is 0 Å². The van der Waals surface area contributed by atoms with E-state index in [9.17, 15) is 9.59 Å². The lowest BCUT2D eigenvalue weighted by atomic mass is 9.92. The predicted molar refractivity (Wildman–Crippen MR) is 79.1 cm³/mol. The van der Waals surface area contributed by atoms with Crippen LogP contribution in [0.4, 0.5) is 0 Å². The highest BCUT2D eigenvalue weighted by Crippen LogP contribution is 2.20. The molecule has 124 valence electrons. The first-order valence-electron chi connectivity index (χ1n) is 6.91. The fourth-order valence-electron chi connectivity index (χ4n) is 1.86. The summed E-state index contributed by atoms with van der Waals surface area (Å²) in [6.45, 7) is 8.98. The standard InChI is InChI=1S/C14H28N2O5/c1-13(2,7-15)9-21-10-14(3,4)8-16(5-11(17)18)6-12(19)20/h5-10,15H2,1-4H3,(H,17,18)(H,19,20). The molecule has 7 nitrogen and oxygen atoms in total. The number of nitrogens with zero attached hydrogens (tertiary/aromatic N) is 1. The zero-order chi connectivity index (χ0) is 16.7. The molecule has 0 bridgehead atoms. The molecule has 0 aromatic rings. The number of nitrogens with two attached hydrogens (primary N) is 1. The third kappa shape index (κ3) is 10.2. The Morgan fingerprint density at radius 3 is 1.81 bits per heavy atom. The lowest BCUT2D eigenvalue weighted by molar-refractivity contribution is -0.142. The fraction of sp³-hybridized carbons (Fsp3) is 0.857. The molecule has 0 unspecified atom stereocenters. The molecular weight excluding hydrogens is 276 g/mol. The van der Waals surface area contributed by atoms with E-state index in [1.807, 2.05) is 27.7 Å². The van der Waals surface area contributed by atoms with Crippen LogP contribution in [-0.2, 0) is 14.3 Å². The summed E-state index contributed by atoms with van der Waals surface area (Å²) < 4.78 is 5.66. The van der Waals surface area contributed by atoms with Crippen molar-refractivity contribution in [2.75, 3.05) is 39.4 Å². The largest absolute Gasteiger partial charge is 0.480 e. The summed E-state index contributed by atoms with van der Waals surface area (Å²) in [6, 6.07) is 0. The molecule has 0 amide bonds. The second-order valence-corrected chi connectivity index (χ2v) is 6.96. The molecule has 0 saturated carbocycles. The lowest BCUT2D eigenvalue weighted by Crippen LogP contribution is -2.43. The molecule has 0 saturated heterocycles. The minimum absolute atomic E-state index is 0.113. The first-order valence-corrected chi connectivity index (χ1v) is 6.91. The van der Waals surface area contributed by atoms with E-state index in [1.54, 1.807) is 0 Å². The van der Waals surface area contributed by atoms with Crippen LogP contribution in [0.1, 0.15) is 27.7 Å². The van der Waals surface area contributed by atoms with Gasteiger partial charge >= 0.3 is 11.9 Å². The van der Waals surface area contributed by atoms with Crippen molar-refractivity contribution < 1.29 is 24.5 Å². The van der Waals surface area contributed by atoms with Crippen molar-refractivity contribution in [2.24, 2.45) is 16.6 Å². The van der Waals surface area contributed by atoms with Crippen molar-refractivity contribution >= 4 is 11.9 Å². The number of rotatable bonds is 11. The zero-order valence-electron chi connectivity index (χ0n) is 13.4. The van der Waals surface area contributed by atoms with Crippen molar-refractivity contribution in [3.05, 3.63) is 0 Å². The van der Waals surface area contributed by atoms with E-state index in [0.29, 0.717) is 26.3 Å². The van der Waals surface area contributed by atoms with Crippen LogP contribution in [0.3, 0.4) is 0 Å². The van der Waals surface area contributed by atoms with Gasteiger partial charge < -0.3 is 20.7 Å². The Balaban J connectivity index is 4.44. The third-order valence-corrected chi connectivity index (χ3v) is 2.91. The van der Waals surface area contributed by atoms with E-state index in [4.69, 9.17) is 20.7 Å². The van der Waals surface area contributed by atoms with Crippen LogP contribution in [0, 0.1) is 10.8 Å². The van der Waals surface area contributed by atoms with E-state index < -0.39 is 11.9 Å². The number of carboxylic acid groups (broad SMARTS) is 2. The van der Waals surface area contributed by atoms with Gasteiger partial charge in [0.2, 0.25) is 0 Å². The predicted octanol–water partition coefficient (Wildman–Crippen LogP) is 0.485. The summed E-state index contributed by atoms with van der Waals surface area (Å²) in [4.78, 5) is 23.0. The van der Waals surface area contributed by atoms with Gasteiger partial charge in [0.15, 0.2) is 0 Å². The molecule has 0 spiro atoms. The number of carboxylic acids is 2. The number of carbonyl (C=O) groups is 2. The van der Waals surface area contributed by atoms with Crippen LogP contribution in [0.25, 0.3) is 0 Å². The van der Waals surface area contributed by atoms with Crippen LogP contribution in [0.2, 0.25) is 0 Å². The minimum atomic E-state index is -1.04. The Morgan fingerprint density at radius 2 is 1.43 bits per heavy atom. The monoisotopic (exact) mass is 304 g/mol. The van der Waals surface area contributed by atoms with E-state index in [0.717, 1.165) is 0 Å². The Hall–Kier alpha value is -1.18. The van der Waals surface area contributed by atoms with E-state index in [1.165, 1.54) is 4.90 Å². The zero-order valence-corrected chi connectivity index (χ0v) is 13.4. The van der Waals surface area contributed by atoms with Gasteiger partial charge in [-0.05, 0) is 6.54 Å². The van der Waals surface area contributed by atoms with Gasteiger partial charge in [-0.1, -0.05) is 27.7 Å². The molecule has 0 aliphatic rings. The number of ether oxygens (including phenoxy) is 1. The number of hydrogen-bond donors (Lipinski definition) is 3. The normalized spacial score (nSPS) is 12.7. The summed E-state index contributed by atoms with van der Waals surface area (Å²) >= 11 is 0. The maximum absolute atomic E-state index is 10.8. The quantitative estimate of drug-likeness (QED) is 0.509. The lowest BCUT2D eigenvalue weighted by Gasteiger charge is -2.32. The molecule has 4 N–H and O–H groups in total. The van der Waals surface area contributed by atoms with E-state index >= 15 is 0 Å². The Morgan fingerprint density at radius 1 is 1.00 bits per heavy atom. The second-order valence-electron chi connectivity index (χ2n) is 6.96. The third-order valence-electron chi connectivity index (χ3n) is 2.91. The first-order chi connectivity index (χ1) is 9.47. The summed E-state index contributed by atoms with van der Waals surface area (Å²) in [5.41, 5.74) is 5.16. The number of aliphatic carboxylic acids is 2. The molecule has 0 aromatic heterocycles. The van der Waals surface area contributed by atoms with Gasteiger partial charge in [-0.3, -0.25) is 14.5 Å². The van der Waals surface area contributed by atoms with Crippen molar-refractivity contribution in [2.45, 2.75) is 27.7 Å². The molecule has 0 radical (unpaired) electrons. The molecular formula is C14H28N2O5. The molecule has 0 fully saturated rings. The van der Waals surface area contributed by atoms with Crippen LogP contribution in [0.5, 0.6) is 0 Å². The van der Waals surface area contributed by atoms with Gasteiger partial charge in [-0.2, -0.15) is 0 Å². The Labute approximate surface area is 126 Å². The average Bonchev–Trinajstić information content (AvgIpc) is 2.25. The van der Waals surface area contributed by atoms with E-state index in [-0.39, 0.29) is 23.9 Å². The highest BCUT2D eigenvalue weighted by atomic mass is 16.5. The maximum Gasteiger partial charge on any atom is 0.317 e. The highest BCUT2D eigenvalue weighted by Gasteiger charge is 2.26. The van der Waals surface area contributed by atoms with Crippen LogP contribution < -0.4 is 5.73 Å². The summed E-state index contributed by atoms with van der Waals surface area (Å²) in [5.74, 6) is -2.09. The minimum Gasteiger partial charge on any atom is -0.480 e. The maximum atomic E-state index is 10.8. The van der Waals surface area contributed by atoms with Gasteiger partial charge in [0.1, 0.15) is 0 Å². The Kier molecular flexibility index (Phi) is 7.84. The van der Waals surface area contributed by atoms with E-state index in [2.05, 4.69) is 0 Å². The smallest absolute Gasteiger partial charge is 0.317 e. The van der Waals surface area contributed by atoms with Crippen molar-refractivity contribution in [1.29, 1.82) is 0 Å². The molecule has 0 aromatic carbocycles. The summed E-state index contributed by atoms with van der Waals surface area (Å²) in [7, 11) is 0. The molecule has 0 aliphatic carbocycles. The van der Waals surface area contributed by atoms with Gasteiger partial charge in [0.05, 0.1) is 26.3 Å². The molecule has 0 rings (SSSR count). The SMILES string of the molecule is CC(C)(CN)COCC(C)(C)CN(CC(=O)O)CC(=O)O. The molecule has 7 heteroatoms. The highest BCUT2D eigenvalue weighted by molar-refractivity contribution is 5.72. The Bertz CT molecular complexity index is 339. The molecule has 0 aliphatic heterocycles. The van der Waals surface area contributed by atoms with Gasteiger partial charge in [0.25, 0.3) is 0 Å². The van der Waals surface area contributed by atoms with Gasteiger partial charge in [0, 0.05) is 17.4 Å². The summed E-state index contributed by atoms with van der Waals surface area (Å²) in [5, 5.41) is 17.7. The molecule has 0 heterocycles. The van der Waals surface area contributed by atoms with Crippen LogP contribution >= 0.6 is 0 Å². The van der Waals surface area contributed by atoms with Crippen molar-refractivity contribution in [3.63, 3.8) is 0 Å². The van der Waals surface area contributed by atoms with Crippen LogP contribution in [-0.4, -0.2) is 66.4 Å². The first kappa shape index (κ1) is 19.8. The second kappa shape index (κ2) is 8.31. The fourth-order valence-corrected chi connectivity index (χ4v) is 1.86. The topological polar surface area (TPSA) is 113 Å². The van der Waals surface area contributed by atoms with Gasteiger partial charge in [-0.15, -0.1) is 0 Å². The molecule has 21 heavy (non-hydrogen) atoms. The average molecular weight is 304 g/mol. The van der Waals surface area contributed by atoms with Crippen molar-refractivity contribution in [1.82, 2.24) is 4.90 Å². The summed E-state index contributed by atoms with van der Waals surface area (Å²) in [6.07, 6.45) is 0. The number of hydrogen-bond acceptors (Lipinski definition) is 5.